The fraction of sp³-hybridized carbons (Fsp3) is 0.290. The van der Waals surface area contributed by atoms with Crippen LogP contribution in [-0.4, -0.2) is 42.8 Å². The molecule has 196 valence electrons. The average Bonchev–Trinajstić information content (AvgIpc) is 3.68. The van der Waals surface area contributed by atoms with Crippen molar-refractivity contribution >= 4 is 40.7 Å². The third-order valence-corrected chi connectivity index (χ3v) is 8.80. The standard InChI is InChI=1S/C31H28N4O4/c1-2-22-26-27(29(38)35(28(26)37)20-11-4-3-5-12-20)31(32-22)21-13-7-9-15-24(21)34(30(31)39)18-25(36)33-17-16-19-10-6-8-14-23(19)33/h3-15,22,26-27,32H,2,16-18H2,1H3/t22-,26-,27+,31+/m1/s1. The first-order chi connectivity index (χ1) is 19.0. The van der Waals surface area contributed by atoms with E-state index in [-0.39, 0.29) is 36.2 Å². The second-order valence-electron chi connectivity index (χ2n) is 10.7. The van der Waals surface area contributed by atoms with Gasteiger partial charge in [0.15, 0.2) is 0 Å². The number of amides is 4. The highest BCUT2D eigenvalue weighted by Gasteiger charge is 2.71. The van der Waals surface area contributed by atoms with Crippen molar-refractivity contribution in [3.8, 4) is 0 Å². The molecule has 0 saturated carbocycles. The third-order valence-electron chi connectivity index (χ3n) is 8.80. The normalized spacial score (nSPS) is 26.9. The summed E-state index contributed by atoms with van der Waals surface area (Å²) in [5, 5.41) is 3.46. The number of hydrogen-bond donors (Lipinski definition) is 1. The van der Waals surface area contributed by atoms with Crippen LogP contribution in [0.1, 0.15) is 24.5 Å². The summed E-state index contributed by atoms with van der Waals surface area (Å²) in [6.07, 6.45) is 1.34. The van der Waals surface area contributed by atoms with E-state index in [9.17, 15) is 19.2 Å². The lowest BCUT2D eigenvalue weighted by atomic mass is 9.76. The maximum Gasteiger partial charge on any atom is 0.253 e. The van der Waals surface area contributed by atoms with Crippen molar-refractivity contribution in [2.45, 2.75) is 31.3 Å². The number of fused-ring (bicyclic) bond motifs is 5. The highest BCUT2D eigenvalue weighted by atomic mass is 16.2. The zero-order valence-electron chi connectivity index (χ0n) is 21.5. The number of hydrogen-bond acceptors (Lipinski definition) is 5. The highest BCUT2D eigenvalue weighted by Crippen LogP contribution is 2.55. The van der Waals surface area contributed by atoms with Crippen LogP contribution >= 0.6 is 0 Å². The third kappa shape index (κ3) is 3.15. The van der Waals surface area contributed by atoms with E-state index in [1.54, 1.807) is 29.2 Å². The molecule has 3 aromatic carbocycles. The van der Waals surface area contributed by atoms with Gasteiger partial charge >= 0.3 is 0 Å². The SMILES string of the molecule is CC[C@H]1N[C@]2(C(=O)N(CC(=O)N3CCc4ccccc43)c3ccccc32)[C@@H]2C(=O)N(c3ccccc3)C(=O)[C@@H]21. The molecule has 4 aliphatic heterocycles. The molecule has 0 radical (unpaired) electrons. The topological polar surface area (TPSA) is 90.0 Å². The summed E-state index contributed by atoms with van der Waals surface area (Å²) in [6, 6.07) is 23.7. The minimum atomic E-state index is -1.42. The summed E-state index contributed by atoms with van der Waals surface area (Å²) in [5.41, 5.74) is 2.32. The number of rotatable bonds is 4. The monoisotopic (exact) mass is 520 g/mol. The highest BCUT2D eigenvalue weighted by molar-refractivity contribution is 6.26. The molecule has 8 heteroatoms. The Kier molecular flexibility index (Phi) is 5.25. The predicted octanol–water partition coefficient (Wildman–Crippen LogP) is 3.01. The summed E-state index contributed by atoms with van der Waals surface area (Å²) in [5.74, 6) is -2.80. The van der Waals surface area contributed by atoms with E-state index < -0.39 is 17.4 Å². The zero-order valence-corrected chi connectivity index (χ0v) is 21.5. The van der Waals surface area contributed by atoms with Gasteiger partial charge in [-0.3, -0.25) is 24.5 Å². The van der Waals surface area contributed by atoms with Crippen molar-refractivity contribution in [2.24, 2.45) is 11.8 Å². The molecular formula is C31H28N4O4. The second kappa shape index (κ2) is 8.61. The molecule has 0 aromatic heterocycles. The summed E-state index contributed by atoms with van der Waals surface area (Å²) < 4.78 is 0. The molecular weight excluding hydrogens is 492 g/mol. The Balaban J connectivity index is 1.29. The molecule has 0 aliphatic carbocycles. The molecule has 1 N–H and O–H groups in total. The number of nitrogens with zero attached hydrogens (tertiary/aromatic N) is 3. The molecule has 8 nitrogen and oxygen atoms in total. The van der Waals surface area contributed by atoms with Crippen molar-refractivity contribution in [1.29, 1.82) is 0 Å². The van der Waals surface area contributed by atoms with E-state index in [1.807, 2.05) is 61.5 Å². The Labute approximate surface area is 226 Å². The maximum absolute atomic E-state index is 14.5. The van der Waals surface area contributed by atoms with Crippen LogP contribution in [0.2, 0.25) is 0 Å². The molecule has 4 amide bonds. The Hall–Kier alpha value is -4.30. The molecule has 7 rings (SSSR count). The van der Waals surface area contributed by atoms with Crippen molar-refractivity contribution in [1.82, 2.24) is 5.32 Å². The fourth-order valence-electron chi connectivity index (χ4n) is 7.11. The second-order valence-corrected chi connectivity index (χ2v) is 10.7. The van der Waals surface area contributed by atoms with Crippen molar-refractivity contribution in [2.75, 3.05) is 27.8 Å². The van der Waals surface area contributed by atoms with Gasteiger partial charge in [-0.15, -0.1) is 0 Å². The van der Waals surface area contributed by atoms with Crippen LogP contribution in [0, 0.1) is 11.8 Å². The van der Waals surface area contributed by atoms with Gasteiger partial charge in [0.2, 0.25) is 17.7 Å². The van der Waals surface area contributed by atoms with Gasteiger partial charge in [0.1, 0.15) is 12.1 Å². The Morgan fingerprint density at radius 3 is 2.36 bits per heavy atom. The fourth-order valence-corrected chi connectivity index (χ4v) is 7.11. The van der Waals surface area contributed by atoms with E-state index in [1.165, 1.54) is 9.80 Å². The van der Waals surface area contributed by atoms with Gasteiger partial charge in [-0.2, -0.15) is 0 Å². The van der Waals surface area contributed by atoms with Gasteiger partial charge in [-0.1, -0.05) is 61.5 Å². The number of nitrogens with one attached hydrogen (secondary N) is 1. The van der Waals surface area contributed by atoms with Gasteiger partial charge < -0.3 is 9.80 Å². The average molecular weight is 521 g/mol. The summed E-state index contributed by atoms with van der Waals surface area (Å²) in [7, 11) is 0. The van der Waals surface area contributed by atoms with E-state index in [4.69, 9.17) is 0 Å². The first kappa shape index (κ1) is 23.8. The zero-order chi connectivity index (χ0) is 26.9. The van der Waals surface area contributed by atoms with Crippen LogP contribution in [0.4, 0.5) is 17.1 Å². The molecule has 2 fully saturated rings. The number of imide groups is 1. The first-order valence-electron chi connectivity index (χ1n) is 13.5. The molecule has 0 bridgehead atoms. The van der Waals surface area contributed by atoms with Crippen LogP contribution in [-0.2, 0) is 31.1 Å². The van der Waals surface area contributed by atoms with E-state index in [0.29, 0.717) is 29.9 Å². The Morgan fingerprint density at radius 2 is 1.59 bits per heavy atom. The molecule has 4 heterocycles. The van der Waals surface area contributed by atoms with Crippen molar-refractivity contribution < 1.29 is 19.2 Å². The number of carbonyl (C=O) groups excluding carboxylic acids is 4. The summed E-state index contributed by atoms with van der Waals surface area (Å²) in [4.78, 5) is 60.4. The molecule has 4 atom stereocenters. The van der Waals surface area contributed by atoms with E-state index in [0.717, 1.165) is 17.7 Å². The molecule has 1 spiro atoms. The number of benzene rings is 3. The minimum Gasteiger partial charge on any atom is -0.310 e. The van der Waals surface area contributed by atoms with Crippen molar-refractivity contribution in [3.05, 3.63) is 90.0 Å². The smallest absolute Gasteiger partial charge is 0.253 e. The van der Waals surface area contributed by atoms with Crippen LogP contribution < -0.4 is 20.0 Å². The lowest BCUT2D eigenvalue weighted by molar-refractivity contribution is -0.132. The minimum absolute atomic E-state index is 0.147. The Bertz CT molecular complexity index is 1540. The maximum atomic E-state index is 14.5. The quantitative estimate of drug-likeness (QED) is 0.535. The molecule has 4 aliphatic rings. The van der Waals surface area contributed by atoms with E-state index in [2.05, 4.69) is 5.32 Å². The predicted molar refractivity (Wildman–Crippen MR) is 146 cm³/mol. The van der Waals surface area contributed by atoms with Crippen molar-refractivity contribution in [3.63, 3.8) is 0 Å². The lowest BCUT2D eigenvalue weighted by Gasteiger charge is -2.30. The molecule has 3 aromatic rings. The molecule has 2 saturated heterocycles. The van der Waals surface area contributed by atoms with Gasteiger partial charge in [0.05, 0.1) is 17.5 Å². The van der Waals surface area contributed by atoms with Gasteiger partial charge in [-0.05, 0) is 42.7 Å². The molecule has 39 heavy (non-hydrogen) atoms. The lowest BCUT2D eigenvalue weighted by Crippen LogP contribution is -2.56. The van der Waals surface area contributed by atoms with Crippen LogP contribution in [0.5, 0.6) is 0 Å². The Morgan fingerprint density at radius 1 is 0.897 bits per heavy atom. The number of carbonyl (C=O) groups is 4. The van der Waals surface area contributed by atoms with Crippen LogP contribution in [0.3, 0.4) is 0 Å². The number of anilines is 3. The summed E-state index contributed by atoms with van der Waals surface area (Å²) >= 11 is 0. The van der Waals surface area contributed by atoms with E-state index >= 15 is 0 Å². The van der Waals surface area contributed by atoms with Gasteiger partial charge in [0.25, 0.3) is 5.91 Å². The molecule has 0 unspecified atom stereocenters. The first-order valence-corrected chi connectivity index (χ1v) is 13.5. The van der Waals surface area contributed by atoms with Gasteiger partial charge in [0, 0.05) is 29.5 Å². The van der Waals surface area contributed by atoms with Crippen LogP contribution in [0.15, 0.2) is 78.9 Å². The summed E-state index contributed by atoms with van der Waals surface area (Å²) in [6.45, 7) is 2.37. The van der Waals surface area contributed by atoms with Crippen LogP contribution in [0.25, 0.3) is 0 Å². The largest absolute Gasteiger partial charge is 0.310 e. The van der Waals surface area contributed by atoms with Gasteiger partial charge in [-0.25, -0.2) is 4.90 Å². The number of para-hydroxylation sites is 3.